The number of benzene rings is 2. The predicted molar refractivity (Wildman–Crippen MR) is 83.4 cm³/mol. The Labute approximate surface area is 121 Å². The van der Waals surface area contributed by atoms with Crippen LogP contribution in [0.25, 0.3) is 10.8 Å². The fourth-order valence-corrected chi connectivity index (χ4v) is 4.18. The summed E-state index contributed by atoms with van der Waals surface area (Å²) in [4.78, 5) is 0. The number of rotatable bonds is 2. The molecule has 3 aromatic rings. The maximum Gasteiger partial charge on any atom is 0.0849 e. The van der Waals surface area contributed by atoms with Gasteiger partial charge in [-0.3, -0.25) is 0 Å². The quantitative estimate of drug-likeness (QED) is 0.558. The predicted octanol–water partition coefficient (Wildman–Crippen LogP) is 5.33. The minimum Gasteiger partial charge on any atom is -0.152 e. The zero-order chi connectivity index (χ0) is 12.8. The van der Waals surface area contributed by atoms with Crippen LogP contribution in [0.3, 0.4) is 0 Å². The van der Waals surface area contributed by atoms with Gasteiger partial charge in [-0.2, -0.15) is 11.3 Å². The van der Waals surface area contributed by atoms with Gasteiger partial charge in [-0.05, 0) is 62.7 Å². The van der Waals surface area contributed by atoms with Crippen LogP contribution in [0, 0.1) is 0 Å². The Morgan fingerprint density at radius 1 is 1.00 bits per heavy atom. The Hall–Kier alpha value is -1.31. The molecule has 0 fully saturated rings. The first-order valence-electron chi connectivity index (χ1n) is 6.54. The SMILES string of the molecule is ClC(c1ccsc1)c1ccc2c3c(cccc13)CC2. The Balaban J connectivity index is 1.97. The standard InChI is InChI=1S/C17H13ClS/c18-17(13-8-9-19-10-13)15-7-6-12-5-4-11-2-1-3-14(15)16(11)12/h1-3,6-10,17H,4-5H2. The molecular weight excluding hydrogens is 272 g/mol. The summed E-state index contributed by atoms with van der Waals surface area (Å²) in [5.41, 5.74) is 5.39. The second-order valence-electron chi connectivity index (χ2n) is 5.07. The minimum absolute atomic E-state index is 0.0452. The third-order valence-corrected chi connectivity index (χ3v) is 5.21. The lowest BCUT2D eigenvalue weighted by Crippen LogP contribution is -1.94. The van der Waals surface area contributed by atoms with E-state index in [-0.39, 0.29) is 5.38 Å². The van der Waals surface area contributed by atoms with Crippen LogP contribution in [0.2, 0.25) is 0 Å². The summed E-state index contributed by atoms with van der Waals surface area (Å²) in [5.74, 6) is 0. The second kappa shape index (κ2) is 4.36. The lowest BCUT2D eigenvalue weighted by molar-refractivity contribution is 1.02. The van der Waals surface area contributed by atoms with Crippen LogP contribution in [0.1, 0.15) is 27.6 Å². The van der Waals surface area contributed by atoms with E-state index in [0.717, 1.165) is 0 Å². The molecule has 0 aliphatic heterocycles. The van der Waals surface area contributed by atoms with Crippen molar-refractivity contribution in [3.8, 4) is 0 Å². The van der Waals surface area contributed by atoms with Crippen molar-refractivity contribution in [2.45, 2.75) is 18.2 Å². The molecule has 1 aliphatic carbocycles. The van der Waals surface area contributed by atoms with Gasteiger partial charge in [0.25, 0.3) is 0 Å². The molecule has 0 radical (unpaired) electrons. The number of alkyl halides is 1. The van der Waals surface area contributed by atoms with Gasteiger partial charge in [-0.1, -0.05) is 30.3 Å². The summed E-state index contributed by atoms with van der Waals surface area (Å²) in [7, 11) is 0. The summed E-state index contributed by atoms with van der Waals surface area (Å²) in [6.45, 7) is 0. The minimum atomic E-state index is -0.0452. The first-order chi connectivity index (χ1) is 9.34. The molecule has 4 rings (SSSR count). The van der Waals surface area contributed by atoms with Crippen LogP contribution in [0.5, 0.6) is 0 Å². The number of aryl methyl sites for hydroxylation is 2. The molecule has 0 N–H and O–H groups in total. The number of hydrogen-bond donors (Lipinski definition) is 0. The third kappa shape index (κ3) is 1.73. The van der Waals surface area contributed by atoms with Crippen molar-refractivity contribution in [1.29, 1.82) is 0 Å². The third-order valence-electron chi connectivity index (χ3n) is 4.02. The van der Waals surface area contributed by atoms with Crippen molar-refractivity contribution in [2.24, 2.45) is 0 Å². The average molecular weight is 285 g/mol. The fraction of sp³-hybridized carbons (Fsp3) is 0.176. The molecule has 2 aromatic carbocycles. The Morgan fingerprint density at radius 2 is 1.84 bits per heavy atom. The van der Waals surface area contributed by atoms with E-state index >= 15 is 0 Å². The van der Waals surface area contributed by atoms with Gasteiger partial charge in [-0.25, -0.2) is 0 Å². The number of halogens is 1. The summed E-state index contributed by atoms with van der Waals surface area (Å²) < 4.78 is 0. The molecular formula is C17H13ClS. The Kier molecular flexibility index (Phi) is 2.64. The molecule has 0 bridgehead atoms. The second-order valence-corrected chi connectivity index (χ2v) is 6.29. The van der Waals surface area contributed by atoms with Gasteiger partial charge in [0.15, 0.2) is 0 Å². The van der Waals surface area contributed by atoms with E-state index < -0.39 is 0 Å². The molecule has 0 spiro atoms. The van der Waals surface area contributed by atoms with Gasteiger partial charge in [0.05, 0.1) is 5.38 Å². The van der Waals surface area contributed by atoms with Crippen molar-refractivity contribution in [3.63, 3.8) is 0 Å². The van der Waals surface area contributed by atoms with Crippen LogP contribution >= 0.6 is 22.9 Å². The van der Waals surface area contributed by atoms with Gasteiger partial charge in [0, 0.05) is 0 Å². The van der Waals surface area contributed by atoms with Gasteiger partial charge < -0.3 is 0 Å². The van der Waals surface area contributed by atoms with Crippen molar-refractivity contribution < 1.29 is 0 Å². The number of thiophene rings is 1. The van der Waals surface area contributed by atoms with E-state index in [2.05, 4.69) is 47.2 Å². The fourth-order valence-electron chi connectivity index (χ4n) is 3.09. The summed E-state index contributed by atoms with van der Waals surface area (Å²) in [6.07, 6.45) is 2.34. The monoisotopic (exact) mass is 284 g/mol. The molecule has 0 saturated carbocycles. The van der Waals surface area contributed by atoms with E-state index in [1.54, 1.807) is 11.3 Å². The lowest BCUT2D eigenvalue weighted by Gasteiger charge is -2.13. The van der Waals surface area contributed by atoms with Gasteiger partial charge in [-0.15, -0.1) is 11.6 Å². The van der Waals surface area contributed by atoms with Crippen LogP contribution in [-0.2, 0) is 12.8 Å². The molecule has 0 amide bonds. The molecule has 2 heteroatoms. The summed E-state index contributed by atoms with van der Waals surface area (Å²) in [5, 5.41) is 6.96. The van der Waals surface area contributed by atoms with E-state index in [4.69, 9.17) is 11.6 Å². The normalized spacial score (nSPS) is 15.0. The van der Waals surface area contributed by atoms with Crippen LogP contribution in [-0.4, -0.2) is 0 Å². The van der Waals surface area contributed by atoms with Crippen molar-refractivity contribution in [1.82, 2.24) is 0 Å². The maximum absolute atomic E-state index is 6.68. The van der Waals surface area contributed by atoms with E-state index in [1.807, 2.05) is 0 Å². The van der Waals surface area contributed by atoms with Crippen molar-refractivity contribution in [2.75, 3.05) is 0 Å². The molecule has 1 aliphatic rings. The smallest absolute Gasteiger partial charge is 0.0849 e. The van der Waals surface area contributed by atoms with Crippen LogP contribution < -0.4 is 0 Å². The van der Waals surface area contributed by atoms with Crippen molar-refractivity contribution in [3.05, 3.63) is 69.4 Å². The highest BCUT2D eigenvalue weighted by Crippen LogP contribution is 2.39. The largest absolute Gasteiger partial charge is 0.152 e. The molecule has 19 heavy (non-hydrogen) atoms. The van der Waals surface area contributed by atoms with Crippen LogP contribution in [0.15, 0.2) is 47.2 Å². The Morgan fingerprint density at radius 3 is 2.63 bits per heavy atom. The van der Waals surface area contributed by atoms with Crippen molar-refractivity contribution >= 4 is 33.7 Å². The lowest BCUT2D eigenvalue weighted by atomic mass is 9.96. The maximum atomic E-state index is 6.68. The Bertz CT molecular complexity index is 733. The van der Waals surface area contributed by atoms with Gasteiger partial charge in [0.2, 0.25) is 0 Å². The highest BCUT2D eigenvalue weighted by atomic mass is 35.5. The summed E-state index contributed by atoms with van der Waals surface area (Å²) in [6, 6.07) is 13.2. The molecule has 1 unspecified atom stereocenters. The first-order valence-corrected chi connectivity index (χ1v) is 7.92. The number of hydrogen-bond acceptors (Lipinski definition) is 1. The van der Waals surface area contributed by atoms with Crippen LogP contribution in [0.4, 0.5) is 0 Å². The summed E-state index contributed by atoms with van der Waals surface area (Å²) >= 11 is 8.39. The first kappa shape index (κ1) is 11.5. The average Bonchev–Trinajstić information content (AvgIpc) is 3.09. The molecule has 0 nitrogen and oxygen atoms in total. The molecule has 94 valence electrons. The molecule has 1 atom stereocenters. The molecule has 0 saturated heterocycles. The van der Waals surface area contributed by atoms with E-state index in [9.17, 15) is 0 Å². The highest BCUT2D eigenvalue weighted by Gasteiger charge is 2.19. The topological polar surface area (TPSA) is 0 Å². The van der Waals surface area contributed by atoms with Gasteiger partial charge in [0.1, 0.15) is 0 Å². The van der Waals surface area contributed by atoms with E-state index in [0.29, 0.717) is 0 Å². The zero-order valence-corrected chi connectivity index (χ0v) is 12.0. The molecule has 1 heterocycles. The highest BCUT2D eigenvalue weighted by molar-refractivity contribution is 7.08. The zero-order valence-electron chi connectivity index (χ0n) is 10.4. The van der Waals surface area contributed by atoms with Gasteiger partial charge >= 0.3 is 0 Å². The van der Waals surface area contributed by atoms with E-state index in [1.165, 1.54) is 45.9 Å². The molecule has 1 aromatic heterocycles.